The van der Waals surface area contributed by atoms with Gasteiger partial charge in [-0.3, -0.25) is 14.9 Å². The Morgan fingerprint density at radius 1 is 1.26 bits per heavy atom. The number of carbonyl (C=O) groups is 2. The lowest BCUT2D eigenvalue weighted by Crippen LogP contribution is -2.46. The molecule has 2 aliphatic rings. The molecule has 0 aromatic heterocycles. The minimum absolute atomic E-state index is 0.0817. The molecule has 1 aliphatic heterocycles. The van der Waals surface area contributed by atoms with E-state index in [2.05, 4.69) is 0 Å². The first-order chi connectivity index (χ1) is 13.0. The van der Waals surface area contributed by atoms with Crippen molar-refractivity contribution in [1.82, 2.24) is 4.90 Å². The third-order valence-corrected chi connectivity index (χ3v) is 6.37. The maximum atomic E-state index is 12.4. The summed E-state index contributed by atoms with van der Waals surface area (Å²) in [5, 5.41) is 11.1. The van der Waals surface area contributed by atoms with Crippen LogP contribution in [0.2, 0.25) is 0 Å². The molecule has 8 heteroatoms. The summed E-state index contributed by atoms with van der Waals surface area (Å²) in [7, 11) is 0. The molecule has 0 spiro atoms. The number of nitro benzene ring substituents is 1. The number of piperidine rings is 1. The maximum absolute atomic E-state index is 12.4. The zero-order valence-electron chi connectivity index (χ0n) is 15.4. The first-order valence-corrected chi connectivity index (χ1v) is 10.5. The Balaban J connectivity index is 1.56. The number of esters is 1. The third-order valence-electron chi connectivity index (χ3n) is 5.58. The fourth-order valence-corrected chi connectivity index (χ4v) is 4.64. The van der Waals surface area contributed by atoms with Gasteiger partial charge in [0.05, 0.1) is 15.4 Å². The van der Waals surface area contributed by atoms with Gasteiger partial charge in [-0.05, 0) is 43.1 Å². The van der Waals surface area contributed by atoms with Gasteiger partial charge in [0.2, 0.25) is 0 Å². The summed E-state index contributed by atoms with van der Waals surface area (Å²) in [6.07, 6.45) is 7.69. The number of carbonyl (C=O) groups excluding carboxylic acids is 2. The minimum Gasteiger partial charge on any atom is -0.452 e. The number of nitrogens with zero attached hydrogens (tertiary/aromatic N) is 2. The average Bonchev–Trinajstić information content (AvgIpc) is 2.70. The molecule has 0 unspecified atom stereocenters. The van der Waals surface area contributed by atoms with Crippen LogP contribution in [0.1, 0.15) is 42.5 Å². The second-order valence-corrected chi connectivity index (χ2v) is 8.00. The predicted octanol–water partition coefficient (Wildman–Crippen LogP) is 3.51. The maximum Gasteiger partial charge on any atom is 0.338 e. The molecule has 1 saturated carbocycles. The Hall–Kier alpha value is -2.09. The van der Waals surface area contributed by atoms with E-state index in [1.807, 2.05) is 0 Å². The molecule has 0 bridgehead atoms. The number of amides is 1. The smallest absolute Gasteiger partial charge is 0.338 e. The van der Waals surface area contributed by atoms with Crippen LogP contribution in [0.25, 0.3) is 0 Å². The van der Waals surface area contributed by atoms with Crippen molar-refractivity contribution in [3.8, 4) is 0 Å². The second-order valence-electron chi connectivity index (χ2n) is 7.15. The fraction of sp³-hybridized carbons (Fsp3) is 0.579. The van der Waals surface area contributed by atoms with Gasteiger partial charge in [-0.25, -0.2) is 4.79 Å². The highest BCUT2D eigenvalue weighted by molar-refractivity contribution is 7.98. The lowest BCUT2D eigenvalue weighted by atomic mass is 9.75. The van der Waals surface area contributed by atoms with Gasteiger partial charge in [0, 0.05) is 19.2 Å². The van der Waals surface area contributed by atoms with Crippen molar-refractivity contribution in [2.24, 2.45) is 11.8 Å². The monoisotopic (exact) mass is 392 g/mol. The van der Waals surface area contributed by atoms with Gasteiger partial charge in [0.15, 0.2) is 6.61 Å². The molecular formula is C19H24N2O5S. The number of rotatable bonds is 5. The Bertz CT molecular complexity index is 739. The van der Waals surface area contributed by atoms with E-state index in [9.17, 15) is 19.7 Å². The van der Waals surface area contributed by atoms with Crippen molar-refractivity contribution >= 4 is 29.3 Å². The number of fused-ring (bicyclic) bond motifs is 1. The first-order valence-electron chi connectivity index (χ1n) is 9.27. The van der Waals surface area contributed by atoms with Crippen LogP contribution in [-0.4, -0.2) is 47.7 Å². The van der Waals surface area contributed by atoms with Crippen molar-refractivity contribution < 1.29 is 19.2 Å². The molecule has 2 atom stereocenters. The molecule has 146 valence electrons. The largest absolute Gasteiger partial charge is 0.452 e. The highest BCUT2D eigenvalue weighted by atomic mass is 32.2. The molecule has 0 radical (unpaired) electrons. The first kappa shape index (κ1) is 19.7. The van der Waals surface area contributed by atoms with E-state index in [-0.39, 0.29) is 23.8 Å². The lowest BCUT2D eigenvalue weighted by Gasteiger charge is -2.41. The number of nitro groups is 1. The zero-order valence-corrected chi connectivity index (χ0v) is 16.2. The summed E-state index contributed by atoms with van der Waals surface area (Å²) in [6, 6.07) is 4.21. The van der Waals surface area contributed by atoms with Crippen LogP contribution in [0.3, 0.4) is 0 Å². The lowest BCUT2D eigenvalue weighted by molar-refractivity contribution is -0.387. The molecule has 27 heavy (non-hydrogen) atoms. The number of benzene rings is 1. The molecule has 1 aromatic carbocycles. The summed E-state index contributed by atoms with van der Waals surface area (Å²) in [5.41, 5.74) is -0.0547. The molecule has 1 saturated heterocycles. The molecule has 2 fully saturated rings. The molecule has 1 aromatic rings. The second kappa shape index (κ2) is 8.73. The van der Waals surface area contributed by atoms with Gasteiger partial charge in [0.25, 0.3) is 11.6 Å². The van der Waals surface area contributed by atoms with E-state index in [1.54, 1.807) is 11.2 Å². The summed E-state index contributed by atoms with van der Waals surface area (Å²) in [4.78, 5) is 37.5. The molecule has 7 nitrogen and oxygen atoms in total. The summed E-state index contributed by atoms with van der Waals surface area (Å²) >= 11 is 1.24. The van der Waals surface area contributed by atoms with Gasteiger partial charge in [-0.2, -0.15) is 0 Å². The van der Waals surface area contributed by atoms with Gasteiger partial charge in [0.1, 0.15) is 0 Å². The van der Waals surface area contributed by atoms with Crippen molar-refractivity contribution in [3.05, 3.63) is 33.9 Å². The van der Waals surface area contributed by atoms with Crippen LogP contribution in [0, 0.1) is 22.0 Å². The Morgan fingerprint density at radius 3 is 2.70 bits per heavy atom. The highest BCUT2D eigenvalue weighted by Crippen LogP contribution is 2.36. The van der Waals surface area contributed by atoms with Crippen LogP contribution >= 0.6 is 11.8 Å². The van der Waals surface area contributed by atoms with Crippen molar-refractivity contribution in [2.45, 2.75) is 37.0 Å². The molecule has 1 amide bonds. The molecule has 1 aliphatic carbocycles. The van der Waals surface area contributed by atoms with E-state index >= 15 is 0 Å². The van der Waals surface area contributed by atoms with Crippen molar-refractivity contribution in [1.29, 1.82) is 0 Å². The third kappa shape index (κ3) is 4.61. The van der Waals surface area contributed by atoms with Crippen LogP contribution in [0.5, 0.6) is 0 Å². The quantitative estimate of drug-likeness (QED) is 0.330. The standard InChI is InChI=1S/C19H24N2O5S/c1-27-17-7-6-14(10-16(17)21(24)25)19(23)26-12-18(22)20-9-8-13-4-2-3-5-15(13)11-20/h6-7,10,13,15H,2-5,8-9,11-12H2,1H3/t13-,15+/m1/s1. The van der Waals surface area contributed by atoms with E-state index in [0.717, 1.165) is 18.9 Å². The van der Waals surface area contributed by atoms with Crippen LogP contribution in [0.4, 0.5) is 5.69 Å². The van der Waals surface area contributed by atoms with E-state index < -0.39 is 10.9 Å². The highest BCUT2D eigenvalue weighted by Gasteiger charge is 2.33. The van der Waals surface area contributed by atoms with Crippen LogP contribution in [-0.2, 0) is 9.53 Å². The predicted molar refractivity (Wildman–Crippen MR) is 102 cm³/mol. The van der Waals surface area contributed by atoms with Crippen LogP contribution < -0.4 is 0 Å². The average molecular weight is 392 g/mol. The Kier molecular flexibility index (Phi) is 6.36. The van der Waals surface area contributed by atoms with Gasteiger partial charge in [-0.15, -0.1) is 11.8 Å². The van der Waals surface area contributed by atoms with Crippen LogP contribution in [0.15, 0.2) is 23.1 Å². The summed E-state index contributed by atoms with van der Waals surface area (Å²) < 4.78 is 5.13. The van der Waals surface area contributed by atoms with Gasteiger partial charge < -0.3 is 9.64 Å². The van der Waals surface area contributed by atoms with Crippen molar-refractivity contribution in [2.75, 3.05) is 26.0 Å². The van der Waals surface area contributed by atoms with E-state index in [1.165, 1.54) is 55.6 Å². The summed E-state index contributed by atoms with van der Waals surface area (Å²) in [5.74, 6) is 0.379. The number of likely N-dealkylation sites (tertiary alicyclic amines) is 1. The zero-order chi connectivity index (χ0) is 19.4. The van der Waals surface area contributed by atoms with E-state index in [0.29, 0.717) is 17.4 Å². The Labute approximate surface area is 162 Å². The molecule has 3 rings (SSSR count). The number of hydrogen-bond donors (Lipinski definition) is 0. The molecule has 0 N–H and O–H groups in total. The molecule has 1 heterocycles. The Morgan fingerprint density at radius 2 is 2.00 bits per heavy atom. The number of thioether (sulfide) groups is 1. The minimum atomic E-state index is -0.716. The number of ether oxygens (including phenoxy) is 1. The van der Waals surface area contributed by atoms with Gasteiger partial charge >= 0.3 is 5.97 Å². The molecular weight excluding hydrogens is 368 g/mol. The SMILES string of the molecule is CSc1ccc(C(=O)OCC(=O)N2CC[C@H]3CCCC[C@H]3C2)cc1[N+](=O)[O-]. The van der Waals surface area contributed by atoms with Crippen molar-refractivity contribution in [3.63, 3.8) is 0 Å². The topological polar surface area (TPSA) is 89.8 Å². The van der Waals surface area contributed by atoms with E-state index in [4.69, 9.17) is 4.74 Å². The number of hydrogen-bond acceptors (Lipinski definition) is 6. The fourth-order valence-electron chi connectivity index (χ4n) is 4.09. The summed E-state index contributed by atoms with van der Waals surface area (Å²) in [6.45, 7) is 1.13. The van der Waals surface area contributed by atoms with Gasteiger partial charge in [-0.1, -0.05) is 19.3 Å². The normalized spacial score (nSPS) is 22.0.